The van der Waals surface area contributed by atoms with Crippen molar-refractivity contribution in [3.63, 3.8) is 0 Å². The summed E-state index contributed by atoms with van der Waals surface area (Å²) < 4.78 is 40.4. The Morgan fingerprint density at radius 3 is 2.17 bits per heavy atom. The summed E-state index contributed by atoms with van der Waals surface area (Å²) in [6.07, 6.45) is 2.90. The third-order valence-electron chi connectivity index (χ3n) is 5.17. The summed E-state index contributed by atoms with van der Waals surface area (Å²) in [5.41, 5.74) is 0. The molecule has 9 heteroatoms. The van der Waals surface area contributed by atoms with Gasteiger partial charge in [-0.15, -0.1) is 0 Å². The lowest BCUT2D eigenvalue weighted by atomic mass is 10.2. The van der Waals surface area contributed by atoms with Crippen molar-refractivity contribution in [2.75, 3.05) is 39.3 Å². The number of rotatable bonds is 10. The fourth-order valence-electron chi connectivity index (χ4n) is 3.58. The number of halogens is 1. The Hall–Kier alpha value is -2.00. The lowest BCUT2D eigenvalue weighted by Crippen LogP contribution is -2.50. The molecule has 2 amide bonds. The van der Waals surface area contributed by atoms with Crippen LogP contribution in [0.25, 0.3) is 0 Å². The molecule has 0 bridgehead atoms. The first kappa shape index (κ1) is 24.3. The smallest absolute Gasteiger partial charge is 0.246 e. The van der Waals surface area contributed by atoms with Gasteiger partial charge in [-0.1, -0.05) is 26.0 Å². The number of piperazine rings is 1. The molecule has 168 valence electrons. The zero-order chi connectivity index (χ0) is 22.1. The van der Waals surface area contributed by atoms with Crippen LogP contribution >= 0.6 is 0 Å². The van der Waals surface area contributed by atoms with E-state index in [1.165, 1.54) is 22.5 Å². The maximum atomic E-state index is 13.9. The monoisotopic (exact) mass is 441 g/mol. The van der Waals surface area contributed by atoms with E-state index in [1.54, 1.807) is 4.90 Å². The Kier molecular flexibility index (Phi) is 9.23. The van der Waals surface area contributed by atoms with Crippen molar-refractivity contribution < 1.29 is 22.4 Å². The van der Waals surface area contributed by atoms with Crippen LogP contribution in [0.1, 0.15) is 46.0 Å². The fourth-order valence-corrected chi connectivity index (χ4v) is 5.07. The first-order chi connectivity index (χ1) is 14.3. The fraction of sp³-hybridized carbons (Fsp3) is 0.619. The minimum atomic E-state index is -3.92. The standard InChI is InChI=1S/C21H32FN3O4S/c1-3-12-23(13-4-2)20(26)10-7-11-21(27)24-14-16-25(17-15-24)30(28,29)19-9-6-5-8-18(19)22/h5-6,8-9H,3-4,7,10-17H2,1-2H3. The summed E-state index contributed by atoms with van der Waals surface area (Å²) in [6.45, 7) is 6.32. The molecule has 1 aliphatic rings. The quantitative estimate of drug-likeness (QED) is 0.559. The molecule has 2 rings (SSSR count). The Bertz CT molecular complexity index is 817. The van der Waals surface area contributed by atoms with Crippen LogP contribution in [0, 0.1) is 5.82 Å². The number of amides is 2. The zero-order valence-electron chi connectivity index (χ0n) is 17.8. The van der Waals surface area contributed by atoms with Crippen LogP contribution in [0.2, 0.25) is 0 Å². The molecule has 1 saturated heterocycles. The van der Waals surface area contributed by atoms with Gasteiger partial charge in [-0.3, -0.25) is 9.59 Å². The van der Waals surface area contributed by atoms with Gasteiger partial charge in [0.2, 0.25) is 21.8 Å². The first-order valence-corrected chi connectivity index (χ1v) is 12.1. The number of benzene rings is 1. The lowest BCUT2D eigenvalue weighted by molar-refractivity contribution is -0.133. The second-order valence-electron chi connectivity index (χ2n) is 7.45. The van der Waals surface area contributed by atoms with E-state index in [0.29, 0.717) is 12.8 Å². The molecule has 1 aromatic carbocycles. The predicted molar refractivity (Wildman–Crippen MR) is 113 cm³/mol. The van der Waals surface area contributed by atoms with Crippen LogP contribution in [0.15, 0.2) is 29.2 Å². The normalized spacial score (nSPS) is 15.2. The van der Waals surface area contributed by atoms with Gasteiger partial charge in [-0.2, -0.15) is 4.31 Å². The van der Waals surface area contributed by atoms with Crippen LogP contribution in [0.3, 0.4) is 0 Å². The first-order valence-electron chi connectivity index (χ1n) is 10.6. The van der Waals surface area contributed by atoms with Gasteiger partial charge >= 0.3 is 0 Å². The SMILES string of the molecule is CCCN(CCC)C(=O)CCCC(=O)N1CCN(S(=O)(=O)c2ccccc2F)CC1. The molecule has 0 atom stereocenters. The zero-order valence-corrected chi connectivity index (χ0v) is 18.7. The van der Waals surface area contributed by atoms with E-state index in [0.717, 1.165) is 32.0 Å². The topological polar surface area (TPSA) is 78.0 Å². The average Bonchev–Trinajstić information content (AvgIpc) is 2.73. The van der Waals surface area contributed by atoms with Crippen molar-refractivity contribution in [1.29, 1.82) is 0 Å². The van der Waals surface area contributed by atoms with Gasteiger partial charge in [0.05, 0.1) is 0 Å². The summed E-state index contributed by atoms with van der Waals surface area (Å²) in [5.74, 6) is -0.781. The number of carbonyl (C=O) groups excluding carboxylic acids is 2. The number of sulfonamides is 1. The van der Waals surface area contributed by atoms with E-state index in [1.807, 2.05) is 18.7 Å². The molecule has 0 saturated carbocycles. The molecule has 0 unspecified atom stereocenters. The summed E-state index contributed by atoms with van der Waals surface area (Å²) in [7, 11) is -3.92. The Morgan fingerprint density at radius 2 is 1.60 bits per heavy atom. The summed E-state index contributed by atoms with van der Waals surface area (Å²) in [6, 6.07) is 5.30. The molecule has 0 spiro atoms. The van der Waals surface area contributed by atoms with Crippen LogP contribution in [0.4, 0.5) is 4.39 Å². The molecule has 0 aromatic heterocycles. The number of hydrogen-bond acceptors (Lipinski definition) is 4. The van der Waals surface area contributed by atoms with E-state index in [4.69, 9.17) is 0 Å². The molecule has 0 radical (unpaired) electrons. The van der Waals surface area contributed by atoms with Crippen molar-refractivity contribution in [1.82, 2.24) is 14.1 Å². The third kappa shape index (κ3) is 6.25. The largest absolute Gasteiger partial charge is 0.343 e. The van der Waals surface area contributed by atoms with Crippen molar-refractivity contribution in [3.8, 4) is 0 Å². The molecule has 1 fully saturated rings. The van der Waals surface area contributed by atoms with Crippen molar-refractivity contribution in [2.45, 2.75) is 50.8 Å². The maximum absolute atomic E-state index is 13.9. The van der Waals surface area contributed by atoms with Crippen molar-refractivity contribution in [2.24, 2.45) is 0 Å². The van der Waals surface area contributed by atoms with Crippen LogP contribution in [-0.2, 0) is 19.6 Å². The Balaban J connectivity index is 1.81. The molecule has 1 aromatic rings. The third-order valence-corrected chi connectivity index (χ3v) is 7.10. The van der Waals surface area contributed by atoms with Gasteiger partial charge in [0.1, 0.15) is 10.7 Å². The van der Waals surface area contributed by atoms with Gasteiger partial charge < -0.3 is 9.80 Å². The minimum absolute atomic E-state index is 0.0762. The lowest BCUT2D eigenvalue weighted by Gasteiger charge is -2.34. The summed E-state index contributed by atoms with van der Waals surface area (Å²) in [5, 5.41) is 0. The second-order valence-corrected chi connectivity index (χ2v) is 9.36. The summed E-state index contributed by atoms with van der Waals surface area (Å²) in [4.78, 5) is 27.9. The molecule has 1 heterocycles. The molecule has 30 heavy (non-hydrogen) atoms. The van der Waals surface area contributed by atoms with Crippen LogP contribution in [-0.4, -0.2) is 73.6 Å². The van der Waals surface area contributed by atoms with E-state index >= 15 is 0 Å². The summed E-state index contributed by atoms with van der Waals surface area (Å²) >= 11 is 0. The van der Waals surface area contributed by atoms with Gasteiger partial charge in [0, 0.05) is 52.1 Å². The minimum Gasteiger partial charge on any atom is -0.343 e. The van der Waals surface area contributed by atoms with E-state index < -0.39 is 15.8 Å². The molecule has 1 aliphatic heterocycles. The molecule has 0 N–H and O–H groups in total. The van der Waals surface area contributed by atoms with Crippen LogP contribution < -0.4 is 0 Å². The van der Waals surface area contributed by atoms with E-state index in [-0.39, 0.29) is 49.3 Å². The highest BCUT2D eigenvalue weighted by Crippen LogP contribution is 2.20. The average molecular weight is 442 g/mol. The van der Waals surface area contributed by atoms with E-state index in [9.17, 15) is 22.4 Å². The van der Waals surface area contributed by atoms with E-state index in [2.05, 4.69) is 0 Å². The highest BCUT2D eigenvalue weighted by Gasteiger charge is 2.31. The van der Waals surface area contributed by atoms with Crippen molar-refractivity contribution >= 4 is 21.8 Å². The highest BCUT2D eigenvalue weighted by atomic mass is 32.2. The number of carbonyl (C=O) groups is 2. The Labute approximate surface area is 178 Å². The molecular formula is C21H32FN3O4S. The van der Waals surface area contributed by atoms with Gasteiger partial charge in [0.25, 0.3) is 0 Å². The number of nitrogens with zero attached hydrogens (tertiary/aromatic N) is 3. The highest BCUT2D eigenvalue weighted by molar-refractivity contribution is 7.89. The molecular weight excluding hydrogens is 409 g/mol. The maximum Gasteiger partial charge on any atom is 0.246 e. The number of hydrogen-bond donors (Lipinski definition) is 0. The second kappa shape index (κ2) is 11.4. The Morgan fingerprint density at radius 1 is 1.00 bits per heavy atom. The van der Waals surface area contributed by atoms with Gasteiger partial charge in [0.15, 0.2) is 0 Å². The van der Waals surface area contributed by atoms with Crippen LogP contribution in [0.5, 0.6) is 0 Å². The van der Waals surface area contributed by atoms with Gasteiger partial charge in [-0.25, -0.2) is 12.8 Å². The van der Waals surface area contributed by atoms with Gasteiger partial charge in [-0.05, 0) is 31.4 Å². The molecule has 7 nitrogen and oxygen atoms in total. The molecule has 0 aliphatic carbocycles. The predicted octanol–water partition coefficient (Wildman–Crippen LogP) is 2.48. The van der Waals surface area contributed by atoms with Crippen molar-refractivity contribution in [3.05, 3.63) is 30.1 Å².